The summed E-state index contributed by atoms with van der Waals surface area (Å²) in [5.74, 6) is -1.16. The highest BCUT2D eigenvalue weighted by atomic mass is 32.2. The average molecular weight is 316 g/mol. The molecule has 0 fully saturated rings. The fourth-order valence-electron chi connectivity index (χ4n) is 2.17. The number of hydrogen-bond acceptors (Lipinski definition) is 3. The van der Waals surface area contributed by atoms with Gasteiger partial charge in [-0.25, -0.2) is 13.2 Å². The Balaban J connectivity index is 2.59. The van der Waals surface area contributed by atoms with Gasteiger partial charge in [-0.2, -0.15) is 0 Å². The van der Waals surface area contributed by atoms with Crippen LogP contribution in [0.1, 0.15) is 16.4 Å². The second kappa shape index (κ2) is 6.58. The van der Waals surface area contributed by atoms with E-state index in [2.05, 4.69) is 0 Å². The van der Waals surface area contributed by atoms with Gasteiger partial charge in [0.05, 0.1) is 5.57 Å². The van der Waals surface area contributed by atoms with Crippen LogP contribution >= 0.6 is 0 Å². The zero-order valence-electron chi connectivity index (χ0n) is 12.0. The second-order valence-corrected chi connectivity index (χ2v) is 7.08. The van der Waals surface area contributed by atoms with Crippen LogP contribution in [0.15, 0.2) is 66.7 Å². The molecule has 2 rings (SSSR count). The Kier molecular flexibility index (Phi) is 4.78. The molecule has 0 radical (unpaired) electrons. The van der Waals surface area contributed by atoms with Crippen molar-refractivity contribution < 1.29 is 18.3 Å². The van der Waals surface area contributed by atoms with Gasteiger partial charge in [0.25, 0.3) is 0 Å². The number of rotatable bonds is 5. The molecule has 1 N–H and O–H groups in total. The second-order valence-electron chi connectivity index (χ2n) is 4.91. The fraction of sp³-hybridized carbons (Fsp3) is 0.118. The van der Waals surface area contributed by atoms with Crippen LogP contribution < -0.4 is 0 Å². The first-order chi connectivity index (χ1) is 10.4. The summed E-state index contributed by atoms with van der Waals surface area (Å²) in [6.07, 6.45) is 2.40. The Bertz CT molecular complexity index is 778. The molecule has 1 atom stereocenters. The van der Waals surface area contributed by atoms with Crippen LogP contribution in [0.4, 0.5) is 0 Å². The van der Waals surface area contributed by atoms with E-state index in [1.54, 1.807) is 60.7 Å². The molecule has 2 aromatic carbocycles. The summed E-state index contributed by atoms with van der Waals surface area (Å²) in [6.45, 7) is 0. The summed E-state index contributed by atoms with van der Waals surface area (Å²) in [6, 6.07) is 17.1. The van der Waals surface area contributed by atoms with Crippen LogP contribution in [0.2, 0.25) is 0 Å². The first-order valence-corrected chi connectivity index (χ1v) is 8.59. The summed E-state index contributed by atoms with van der Waals surface area (Å²) >= 11 is 0. The number of carboxylic acids is 1. The molecular weight excluding hydrogens is 300 g/mol. The van der Waals surface area contributed by atoms with Crippen molar-refractivity contribution in [3.63, 3.8) is 0 Å². The molecule has 22 heavy (non-hydrogen) atoms. The molecule has 0 saturated heterocycles. The van der Waals surface area contributed by atoms with E-state index in [1.165, 1.54) is 6.08 Å². The van der Waals surface area contributed by atoms with E-state index in [0.29, 0.717) is 11.1 Å². The molecule has 0 aliphatic heterocycles. The van der Waals surface area contributed by atoms with Crippen molar-refractivity contribution in [2.45, 2.75) is 5.25 Å². The van der Waals surface area contributed by atoms with Gasteiger partial charge in [-0.15, -0.1) is 0 Å². The lowest BCUT2D eigenvalue weighted by atomic mass is 10.0. The summed E-state index contributed by atoms with van der Waals surface area (Å²) in [5, 5.41) is 8.43. The number of aliphatic carboxylic acids is 1. The van der Waals surface area contributed by atoms with E-state index in [4.69, 9.17) is 0 Å². The molecule has 0 aromatic heterocycles. The molecule has 0 spiro atoms. The highest BCUT2D eigenvalue weighted by Crippen LogP contribution is 2.27. The van der Waals surface area contributed by atoms with Crippen LogP contribution in [-0.2, 0) is 14.6 Å². The largest absolute Gasteiger partial charge is 0.478 e. The Hall–Kier alpha value is -2.40. The topological polar surface area (TPSA) is 71.4 Å². The lowest BCUT2D eigenvalue weighted by Gasteiger charge is -2.13. The minimum absolute atomic E-state index is 0.0279. The molecule has 0 aliphatic carbocycles. The van der Waals surface area contributed by atoms with Gasteiger partial charge in [-0.1, -0.05) is 60.7 Å². The predicted molar refractivity (Wildman–Crippen MR) is 86.1 cm³/mol. The van der Waals surface area contributed by atoms with Gasteiger partial charge in [-0.05, 0) is 17.2 Å². The van der Waals surface area contributed by atoms with E-state index in [0.717, 1.165) is 6.26 Å². The third-order valence-electron chi connectivity index (χ3n) is 3.22. The van der Waals surface area contributed by atoms with Crippen molar-refractivity contribution in [2.24, 2.45) is 0 Å². The SMILES string of the molecule is CS(=O)(=O)C(C=C(C(=O)O)c1ccccc1)c1ccccc1. The van der Waals surface area contributed by atoms with Crippen LogP contribution in [0.25, 0.3) is 5.57 Å². The number of carboxylic acid groups (broad SMARTS) is 1. The van der Waals surface area contributed by atoms with Crippen molar-refractivity contribution in [2.75, 3.05) is 6.26 Å². The Morgan fingerprint density at radius 2 is 1.50 bits per heavy atom. The van der Waals surface area contributed by atoms with Crippen molar-refractivity contribution >= 4 is 21.4 Å². The highest BCUT2D eigenvalue weighted by Gasteiger charge is 2.23. The Labute approximate surface area is 129 Å². The minimum atomic E-state index is -3.49. The summed E-state index contributed by atoms with van der Waals surface area (Å²) < 4.78 is 24.2. The Morgan fingerprint density at radius 3 is 1.95 bits per heavy atom. The molecule has 0 heterocycles. The zero-order valence-corrected chi connectivity index (χ0v) is 12.8. The highest BCUT2D eigenvalue weighted by molar-refractivity contribution is 7.91. The van der Waals surface area contributed by atoms with Gasteiger partial charge in [0.1, 0.15) is 5.25 Å². The Morgan fingerprint density at radius 1 is 1.00 bits per heavy atom. The monoisotopic (exact) mass is 316 g/mol. The van der Waals surface area contributed by atoms with Crippen molar-refractivity contribution in [1.82, 2.24) is 0 Å². The van der Waals surface area contributed by atoms with Crippen LogP contribution in [0, 0.1) is 0 Å². The van der Waals surface area contributed by atoms with Gasteiger partial charge in [0, 0.05) is 6.26 Å². The van der Waals surface area contributed by atoms with E-state index < -0.39 is 21.1 Å². The maximum atomic E-state index is 12.1. The molecule has 0 saturated carbocycles. The first kappa shape index (κ1) is 16.0. The summed E-state index contributed by atoms with van der Waals surface area (Å²) in [5.41, 5.74) is 0.985. The van der Waals surface area contributed by atoms with Crippen molar-refractivity contribution in [3.8, 4) is 0 Å². The maximum Gasteiger partial charge on any atom is 0.336 e. The lowest BCUT2D eigenvalue weighted by Crippen LogP contribution is -2.11. The molecule has 0 amide bonds. The molecule has 4 nitrogen and oxygen atoms in total. The van der Waals surface area contributed by atoms with Gasteiger partial charge >= 0.3 is 5.97 Å². The maximum absolute atomic E-state index is 12.1. The normalized spacial score (nSPS) is 13.6. The van der Waals surface area contributed by atoms with Crippen molar-refractivity contribution in [1.29, 1.82) is 0 Å². The van der Waals surface area contributed by atoms with Crippen LogP contribution in [0.3, 0.4) is 0 Å². The minimum Gasteiger partial charge on any atom is -0.478 e. The molecule has 114 valence electrons. The quantitative estimate of drug-likeness (QED) is 0.861. The number of benzene rings is 2. The third-order valence-corrected chi connectivity index (χ3v) is 4.55. The standard InChI is InChI=1S/C17H16O4S/c1-22(20,21)16(14-10-6-3-7-11-14)12-15(17(18)19)13-8-4-2-5-9-13/h2-12,16H,1H3,(H,18,19). The van der Waals surface area contributed by atoms with Gasteiger partial charge < -0.3 is 5.11 Å². The van der Waals surface area contributed by atoms with E-state index in [9.17, 15) is 18.3 Å². The first-order valence-electron chi connectivity index (χ1n) is 6.64. The molecule has 0 aliphatic rings. The van der Waals surface area contributed by atoms with E-state index in [1.807, 2.05) is 0 Å². The van der Waals surface area contributed by atoms with E-state index in [-0.39, 0.29) is 5.57 Å². The summed E-state index contributed by atoms with van der Waals surface area (Å²) in [7, 11) is -3.49. The van der Waals surface area contributed by atoms with E-state index >= 15 is 0 Å². The number of carbonyl (C=O) groups is 1. The third kappa shape index (κ3) is 3.83. The van der Waals surface area contributed by atoms with Crippen molar-refractivity contribution in [3.05, 3.63) is 77.9 Å². The lowest BCUT2D eigenvalue weighted by molar-refractivity contribution is -0.130. The number of hydrogen-bond donors (Lipinski definition) is 1. The van der Waals surface area contributed by atoms with Gasteiger partial charge in [0.15, 0.2) is 9.84 Å². The van der Waals surface area contributed by atoms with Gasteiger partial charge in [-0.3, -0.25) is 0 Å². The van der Waals surface area contributed by atoms with Gasteiger partial charge in [0.2, 0.25) is 0 Å². The number of sulfone groups is 1. The van der Waals surface area contributed by atoms with Crippen LogP contribution in [-0.4, -0.2) is 25.7 Å². The predicted octanol–water partition coefficient (Wildman–Crippen LogP) is 2.94. The zero-order chi connectivity index (χ0) is 16.2. The smallest absolute Gasteiger partial charge is 0.336 e. The molecule has 1 unspecified atom stereocenters. The fourth-order valence-corrected chi connectivity index (χ4v) is 3.20. The molecule has 0 bridgehead atoms. The molecule has 2 aromatic rings. The average Bonchev–Trinajstić information content (AvgIpc) is 2.48. The molecular formula is C17H16O4S. The molecule has 5 heteroatoms. The summed E-state index contributed by atoms with van der Waals surface area (Å²) in [4.78, 5) is 11.5. The van der Waals surface area contributed by atoms with Crippen LogP contribution in [0.5, 0.6) is 0 Å².